The van der Waals surface area contributed by atoms with E-state index in [0.717, 1.165) is 31.4 Å². The van der Waals surface area contributed by atoms with Crippen LogP contribution in [0.15, 0.2) is 35.8 Å². The number of aromatic nitrogens is 1. The molecule has 0 aliphatic rings. The fraction of sp³-hybridized carbons (Fsp3) is 0.400. The Labute approximate surface area is 113 Å². The van der Waals surface area contributed by atoms with Crippen LogP contribution >= 0.6 is 11.3 Å². The van der Waals surface area contributed by atoms with Crippen LogP contribution in [0.5, 0.6) is 0 Å². The molecule has 2 aromatic heterocycles. The van der Waals surface area contributed by atoms with Crippen LogP contribution in [0.4, 0.5) is 0 Å². The molecule has 0 aliphatic heterocycles. The van der Waals surface area contributed by atoms with Crippen LogP contribution in [0.2, 0.25) is 0 Å². The zero-order valence-corrected chi connectivity index (χ0v) is 11.6. The van der Waals surface area contributed by atoms with Gasteiger partial charge in [0.15, 0.2) is 0 Å². The minimum Gasteiger partial charge on any atom is -0.327 e. The number of thiophene rings is 1. The average molecular weight is 260 g/mol. The van der Waals surface area contributed by atoms with E-state index in [0.29, 0.717) is 0 Å². The second kappa shape index (κ2) is 6.66. The largest absolute Gasteiger partial charge is 0.327 e. The summed E-state index contributed by atoms with van der Waals surface area (Å²) in [6.45, 7) is 2.05. The Kier molecular flexibility index (Phi) is 4.90. The zero-order chi connectivity index (χ0) is 12.8. The molecule has 18 heavy (non-hydrogen) atoms. The third-order valence-electron chi connectivity index (χ3n) is 3.02. The van der Waals surface area contributed by atoms with Crippen molar-refractivity contribution in [2.45, 2.75) is 38.6 Å². The Bertz CT molecular complexity index is 448. The lowest BCUT2D eigenvalue weighted by Gasteiger charge is -2.10. The summed E-state index contributed by atoms with van der Waals surface area (Å²) >= 11 is 1.83. The first-order valence-corrected chi connectivity index (χ1v) is 7.31. The first-order valence-electron chi connectivity index (χ1n) is 6.43. The van der Waals surface area contributed by atoms with E-state index in [1.54, 1.807) is 0 Å². The number of nitrogens with zero attached hydrogens (tertiary/aromatic N) is 1. The van der Waals surface area contributed by atoms with Gasteiger partial charge in [-0.1, -0.05) is 12.1 Å². The van der Waals surface area contributed by atoms with Gasteiger partial charge in [-0.15, -0.1) is 11.3 Å². The molecule has 2 N–H and O–H groups in total. The maximum atomic E-state index is 6.15. The third kappa shape index (κ3) is 4.24. The predicted molar refractivity (Wildman–Crippen MR) is 77.9 cm³/mol. The fourth-order valence-electron chi connectivity index (χ4n) is 1.98. The summed E-state index contributed by atoms with van der Waals surface area (Å²) in [4.78, 5) is 5.85. The van der Waals surface area contributed by atoms with Crippen LogP contribution in [0.25, 0.3) is 0 Å². The van der Waals surface area contributed by atoms with E-state index in [1.807, 2.05) is 17.5 Å². The zero-order valence-electron chi connectivity index (χ0n) is 10.8. The summed E-state index contributed by atoms with van der Waals surface area (Å²) in [7, 11) is 0. The normalized spacial score (nSPS) is 12.6. The topological polar surface area (TPSA) is 38.9 Å². The molecule has 0 amide bonds. The number of rotatable bonds is 6. The second-order valence-electron chi connectivity index (χ2n) is 4.76. The molecule has 2 rings (SSSR count). The molecule has 0 aliphatic carbocycles. The minimum atomic E-state index is 0.222. The summed E-state index contributed by atoms with van der Waals surface area (Å²) in [6, 6.07) is 8.70. The van der Waals surface area contributed by atoms with Crippen molar-refractivity contribution >= 4 is 11.3 Å². The molecule has 0 spiro atoms. The van der Waals surface area contributed by atoms with E-state index in [9.17, 15) is 0 Å². The van der Waals surface area contributed by atoms with Gasteiger partial charge in [0.05, 0.1) is 0 Å². The molecule has 2 aromatic rings. The average Bonchev–Trinajstić information content (AvgIpc) is 2.85. The van der Waals surface area contributed by atoms with Gasteiger partial charge in [0.25, 0.3) is 0 Å². The predicted octanol–water partition coefficient (Wildman–Crippen LogP) is 3.34. The van der Waals surface area contributed by atoms with Gasteiger partial charge in [-0.05, 0) is 49.3 Å². The number of hydrogen-bond acceptors (Lipinski definition) is 3. The van der Waals surface area contributed by atoms with Crippen molar-refractivity contribution in [3.63, 3.8) is 0 Å². The molecule has 2 nitrogen and oxygen atoms in total. The maximum Gasteiger partial charge on any atom is 0.0419 e. The molecule has 0 saturated heterocycles. The first kappa shape index (κ1) is 13.2. The van der Waals surface area contributed by atoms with Gasteiger partial charge >= 0.3 is 0 Å². The lowest BCUT2D eigenvalue weighted by atomic mass is 10.0. The van der Waals surface area contributed by atoms with Crippen molar-refractivity contribution in [1.29, 1.82) is 0 Å². The van der Waals surface area contributed by atoms with Crippen molar-refractivity contribution in [1.82, 2.24) is 4.98 Å². The summed E-state index contributed by atoms with van der Waals surface area (Å²) in [5.74, 6) is 0. The van der Waals surface area contributed by atoms with Crippen molar-refractivity contribution in [2.24, 2.45) is 5.73 Å². The van der Waals surface area contributed by atoms with Gasteiger partial charge in [0.2, 0.25) is 0 Å². The summed E-state index contributed by atoms with van der Waals surface area (Å²) in [5.41, 5.74) is 8.45. The monoisotopic (exact) mass is 260 g/mol. The molecule has 2 heterocycles. The standard InChI is InChI=1S/C15H20N2S/c1-12-7-8-14(17-11-12)10-13(16)4-2-5-15-6-3-9-18-15/h3,6-9,11,13H,2,4-5,10,16H2,1H3. The second-order valence-corrected chi connectivity index (χ2v) is 5.79. The van der Waals surface area contributed by atoms with Crippen molar-refractivity contribution in [2.75, 3.05) is 0 Å². The molecule has 0 radical (unpaired) electrons. The van der Waals surface area contributed by atoms with Crippen LogP contribution < -0.4 is 5.73 Å². The molecule has 96 valence electrons. The van der Waals surface area contributed by atoms with E-state index in [4.69, 9.17) is 5.73 Å². The highest BCUT2D eigenvalue weighted by Gasteiger charge is 2.05. The van der Waals surface area contributed by atoms with E-state index in [2.05, 4.69) is 41.6 Å². The van der Waals surface area contributed by atoms with Gasteiger partial charge in [-0.3, -0.25) is 4.98 Å². The molecule has 0 fully saturated rings. The highest BCUT2D eigenvalue weighted by Crippen LogP contribution is 2.13. The van der Waals surface area contributed by atoms with Crippen molar-refractivity contribution < 1.29 is 0 Å². The van der Waals surface area contributed by atoms with Crippen LogP contribution in [0.1, 0.15) is 29.0 Å². The van der Waals surface area contributed by atoms with Crippen LogP contribution in [-0.4, -0.2) is 11.0 Å². The van der Waals surface area contributed by atoms with E-state index >= 15 is 0 Å². The van der Waals surface area contributed by atoms with E-state index < -0.39 is 0 Å². The van der Waals surface area contributed by atoms with Gasteiger partial charge < -0.3 is 5.73 Å². The highest BCUT2D eigenvalue weighted by atomic mass is 32.1. The Morgan fingerprint density at radius 3 is 2.89 bits per heavy atom. The Morgan fingerprint density at radius 1 is 1.33 bits per heavy atom. The lowest BCUT2D eigenvalue weighted by molar-refractivity contribution is 0.576. The molecule has 3 heteroatoms. The van der Waals surface area contributed by atoms with Crippen molar-refractivity contribution in [3.8, 4) is 0 Å². The summed E-state index contributed by atoms with van der Waals surface area (Å²) < 4.78 is 0. The number of hydrogen-bond donors (Lipinski definition) is 1. The maximum absolute atomic E-state index is 6.15. The number of aryl methyl sites for hydroxylation is 2. The third-order valence-corrected chi connectivity index (χ3v) is 3.96. The minimum absolute atomic E-state index is 0.222. The molecular formula is C15H20N2S. The Hall–Kier alpha value is -1.19. The number of nitrogens with two attached hydrogens (primary N) is 1. The van der Waals surface area contributed by atoms with Gasteiger partial charge in [0.1, 0.15) is 0 Å². The molecule has 0 aromatic carbocycles. The molecule has 0 saturated carbocycles. The summed E-state index contributed by atoms with van der Waals surface area (Å²) in [5, 5.41) is 2.13. The molecule has 0 bridgehead atoms. The highest BCUT2D eigenvalue weighted by molar-refractivity contribution is 7.09. The fourth-order valence-corrected chi connectivity index (χ4v) is 2.73. The van der Waals surface area contributed by atoms with Crippen LogP contribution in [0.3, 0.4) is 0 Å². The SMILES string of the molecule is Cc1ccc(CC(N)CCCc2cccs2)nc1. The van der Waals surface area contributed by atoms with Crippen LogP contribution in [-0.2, 0) is 12.8 Å². The summed E-state index contributed by atoms with van der Waals surface area (Å²) in [6.07, 6.45) is 6.16. The van der Waals surface area contributed by atoms with E-state index in [1.165, 1.54) is 10.4 Å². The smallest absolute Gasteiger partial charge is 0.0419 e. The van der Waals surface area contributed by atoms with Gasteiger partial charge in [-0.25, -0.2) is 0 Å². The quantitative estimate of drug-likeness (QED) is 0.865. The first-order chi connectivity index (χ1) is 8.74. The van der Waals surface area contributed by atoms with Crippen molar-refractivity contribution in [3.05, 3.63) is 52.0 Å². The molecule has 1 unspecified atom stereocenters. The molecule has 1 atom stereocenters. The lowest BCUT2D eigenvalue weighted by Crippen LogP contribution is -2.23. The van der Waals surface area contributed by atoms with E-state index in [-0.39, 0.29) is 6.04 Å². The van der Waals surface area contributed by atoms with Gasteiger partial charge in [-0.2, -0.15) is 0 Å². The Morgan fingerprint density at radius 2 is 2.22 bits per heavy atom. The van der Waals surface area contributed by atoms with Crippen LogP contribution in [0, 0.1) is 6.92 Å². The number of pyridine rings is 1. The Balaban J connectivity index is 1.71. The van der Waals surface area contributed by atoms with Gasteiger partial charge in [0, 0.05) is 29.2 Å². The molecular weight excluding hydrogens is 240 g/mol.